The van der Waals surface area contributed by atoms with E-state index in [0.29, 0.717) is 27.8 Å². The predicted octanol–water partition coefficient (Wildman–Crippen LogP) is 4.63. The lowest BCUT2D eigenvalue weighted by molar-refractivity contribution is -0.140. The van der Waals surface area contributed by atoms with Gasteiger partial charge in [-0.05, 0) is 43.5 Å². The molecule has 202 valence electrons. The van der Waals surface area contributed by atoms with Crippen LogP contribution in [0.1, 0.15) is 44.6 Å². The van der Waals surface area contributed by atoms with Gasteiger partial charge in [0.2, 0.25) is 21.8 Å². The van der Waals surface area contributed by atoms with Crippen LogP contribution in [0, 0.1) is 0 Å². The quantitative estimate of drug-likeness (QED) is 0.425. The number of nitrogens with zero attached hydrogens (tertiary/aromatic N) is 2. The van der Waals surface area contributed by atoms with Crippen molar-refractivity contribution in [2.24, 2.45) is 0 Å². The van der Waals surface area contributed by atoms with Crippen molar-refractivity contribution < 1.29 is 22.7 Å². The smallest absolute Gasteiger partial charge is 0.244 e. The first-order valence-electron chi connectivity index (χ1n) is 12.2. The van der Waals surface area contributed by atoms with Crippen molar-refractivity contribution in [3.05, 3.63) is 58.1 Å². The number of hydrogen-bond donors (Lipinski definition) is 1. The average molecular weight is 571 g/mol. The first kappa shape index (κ1) is 29.1. The lowest BCUT2D eigenvalue weighted by atomic mass is 10.1. The maximum absolute atomic E-state index is 13.8. The Morgan fingerprint density at radius 3 is 2.30 bits per heavy atom. The molecular formula is C26H33Cl2N3O5S. The monoisotopic (exact) mass is 569 g/mol. The molecule has 1 atom stereocenters. The van der Waals surface area contributed by atoms with Crippen LogP contribution in [-0.4, -0.2) is 57.1 Å². The molecule has 0 heterocycles. The zero-order chi connectivity index (χ0) is 27.2. The standard InChI is InChI=1S/C26H33Cl2N3O5S/c1-4-24(26(33)29-18-9-5-6-10-18)30(16-21-22(27)13-8-14-23(21)28)25(32)17-31(37(3,34)35)19-11-7-12-20(15-19)36-2/h7-8,11-15,18,24H,4-6,9-10,16-17H2,1-3H3,(H,29,33)/t24-/m1/s1. The van der Waals surface area contributed by atoms with Gasteiger partial charge < -0.3 is 15.0 Å². The van der Waals surface area contributed by atoms with Crippen molar-refractivity contribution >= 4 is 50.7 Å². The van der Waals surface area contributed by atoms with Crippen molar-refractivity contribution in [1.82, 2.24) is 10.2 Å². The van der Waals surface area contributed by atoms with Gasteiger partial charge in [0.15, 0.2) is 0 Å². The maximum atomic E-state index is 13.8. The average Bonchev–Trinajstić information content (AvgIpc) is 3.36. The third kappa shape index (κ3) is 7.52. The lowest BCUT2D eigenvalue weighted by Gasteiger charge is -2.33. The van der Waals surface area contributed by atoms with Gasteiger partial charge in [-0.3, -0.25) is 13.9 Å². The fourth-order valence-electron chi connectivity index (χ4n) is 4.52. The molecule has 0 saturated heterocycles. The van der Waals surface area contributed by atoms with Crippen LogP contribution in [0.25, 0.3) is 0 Å². The van der Waals surface area contributed by atoms with Gasteiger partial charge in [0.05, 0.1) is 19.1 Å². The molecule has 2 amide bonds. The Morgan fingerprint density at radius 2 is 1.73 bits per heavy atom. The summed E-state index contributed by atoms with van der Waals surface area (Å²) < 4.78 is 31.7. The number of benzene rings is 2. The van der Waals surface area contributed by atoms with E-state index in [9.17, 15) is 18.0 Å². The van der Waals surface area contributed by atoms with Crippen LogP contribution in [-0.2, 0) is 26.2 Å². The Morgan fingerprint density at radius 1 is 1.11 bits per heavy atom. The largest absolute Gasteiger partial charge is 0.497 e. The van der Waals surface area contributed by atoms with Crippen molar-refractivity contribution in [2.45, 2.75) is 57.7 Å². The second-order valence-corrected chi connectivity index (χ2v) is 11.8. The second-order valence-electron chi connectivity index (χ2n) is 9.11. The van der Waals surface area contributed by atoms with E-state index in [-0.39, 0.29) is 24.2 Å². The van der Waals surface area contributed by atoms with Crippen molar-refractivity contribution in [3.8, 4) is 5.75 Å². The number of amides is 2. The summed E-state index contributed by atoms with van der Waals surface area (Å²) in [5.41, 5.74) is 0.757. The van der Waals surface area contributed by atoms with E-state index < -0.39 is 28.5 Å². The Labute approximate surface area is 228 Å². The Bertz CT molecular complexity index is 1200. The van der Waals surface area contributed by atoms with E-state index >= 15 is 0 Å². The number of anilines is 1. The summed E-state index contributed by atoms with van der Waals surface area (Å²) in [6, 6.07) is 10.7. The number of sulfonamides is 1. The minimum Gasteiger partial charge on any atom is -0.497 e. The van der Waals surface area contributed by atoms with Crippen LogP contribution in [0.5, 0.6) is 5.75 Å². The van der Waals surface area contributed by atoms with Gasteiger partial charge in [0.1, 0.15) is 18.3 Å². The first-order valence-corrected chi connectivity index (χ1v) is 14.8. The molecule has 0 aromatic heterocycles. The molecule has 2 aromatic rings. The number of methoxy groups -OCH3 is 1. The number of ether oxygens (including phenoxy) is 1. The van der Waals surface area contributed by atoms with E-state index in [1.165, 1.54) is 18.1 Å². The van der Waals surface area contributed by atoms with E-state index in [1.807, 2.05) is 6.92 Å². The van der Waals surface area contributed by atoms with Gasteiger partial charge in [-0.1, -0.05) is 55.1 Å². The summed E-state index contributed by atoms with van der Waals surface area (Å²) in [5, 5.41) is 3.77. The number of rotatable bonds is 11. The van der Waals surface area contributed by atoms with Crippen molar-refractivity contribution in [3.63, 3.8) is 0 Å². The van der Waals surface area contributed by atoms with Crippen LogP contribution in [0.3, 0.4) is 0 Å². The molecule has 37 heavy (non-hydrogen) atoms. The van der Waals surface area contributed by atoms with Crippen molar-refractivity contribution in [1.29, 1.82) is 0 Å². The van der Waals surface area contributed by atoms with Crippen LogP contribution in [0.15, 0.2) is 42.5 Å². The molecule has 2 aromatic carbocycles. The molecule has 8 nitrogen and oxygen atoms in total. The molecule has 0 spiro atoms. The number of hydrogen-bond acceptors (Lipinski definition) is 5. The molecule has 0 radical (unpaired) electrons. The molecule has 0 unspecified atom stereocenters. The topological polar surface area (TPSA) is 96.0 Å². The second kappa shape index (κ2) is 12.8. The molecule has 1 saturated carbocycles. The van der Waals surface area contributed by atoms with Gasteiger partial charge >= 0.3 is 0 Å². The molecule has 0 bridgehead atoms. The minimum absolute atomic E-state index is 0.0519. The summed E-state index contributed by atoms with van der Waals surface area (Å²) in [4.78, 5) is 28.5. The molecule has 0 aliphatic heterocycles. The zero-order valence-corrected chi connectivity index (χ0v) is 23.6. The molecule has 1 aliphatic rings. The van der Waals surface area contributed by atoms with Gasteiger partial charge in [-0.25, -0.2) is 8.42 Å². The van der Waals surface area contributed by atoms with Gasteiger partial charge in [0.25, 0.3) is 0 Å². The Hall–Kier alpha value is -2.49. The highest BCUT2D eigenvalue weighted by atomic mass is 35.5. The predicted molar refractivity (Wildman–Crippen MR) is 147 cm³/mol. The number of nitrogens with one attached hydrogen (secondary N) is 1. The molecule has 1 N–H and O–H groups in total. The fraction of sp³-hybridized carbons (Fsp3) is 0.462. The highest BCUT2D eigenvalue weighted by molar-refractivity contribution is 7.92. The minimum atomic E-state index is -3.85. The van der Waals surface area contributed by atoms with Gasteiger partial charge in [-0.15, -0.1) is 0 Å². The normalized spacial score (nSPS) is 14.7. The van der Waals surface area contributed by atoms with Crippen LogP contribution in [0.4, 0.5) is 5.69 Å². The summed E-state index contributed by atoms with van der Waals surface area (Å²) in [6.07, 6.45) is 5.23. The highest BCUT2D eigenvalue weighted by Gasteiger charge is 2.33. The summed E-state index contributed by atoms with van der Waals surface area (Å²) in [5.74, 6) is -0.392. The Balaban J connectivity index is 1.97. The van der Waals surface area contributed by atoms with E-state index in [1.54, 1.807) is 36.4 Å². The van der Waals surface area contributed by atoms with Gasteiger partial charge in [-0.2, -0.15) is 0 Å². The fourth-order valence-corrected chi connectivity index (χ4v) is 5.88. The summed E-state index contributed by atoms with van der Waals surface area (Å²) in [6.45, 7) is 1.24. The molecule has 1 fully saturated rings. The zero-order valence-electron chi connectivity index (χ0n) is 21.2. The van der Waals surface area contributed by atoms with E-state index in [2.05, 4.69) is 5.32 Å². The third-order valence-corrected chi connectivity index (χ3v) is 8.35. The highest BCUT2D eigenvalue weighted by Crippen LogP contribution is 2.28. The maximum Gasteiger partial charge on any atom is 0.244 e. The van der Waals surface area contributed by atoms with Crippen LogP contribution >= 0.6 is 23.2 Å². The number of carbonyl (C=O) groups is 2. The lowest BCUT2D eigenvalue weighted by Crippen LogP contribution is -2.53. The van der Waals surface area contributed by atoms with Gasteiger partial charge in [0, 0.05) is 34.3 Å². The van der Waals surface area contributed by atoms with Crippen molar-refractivity contribution in [2.75, 3.05) is 24.2 Å². The number of halogens is 2. The molecular weight excluding hydrogens is 537 g/mol. The van der Waals surface area contributed by atoms with Crippen LogP contribution < -0.4 is 14.4 Å². The van der Waals surface area contributed by atoms with Crippen LogP contribution in [0.2, 0.25) is 10.0 Å². The SMILES string of the molecule is CC[C@H](C(=O)NC1CCCC1)N(Cc1c(Cl)cccc1Cl)C(=O)CN(c1cccc(OC)c1)S(C)(=O)=O. The van der Waals surface area contributed by atoms with E-state index in [4.69, 9.17) is 27.9 Å². The third-order valence-electron chi connectivity index (χ3n) is 6.50. The molecule has 11 heteroatoms. The first-order chi connectivity index (χ1) is 17.5. The summed E-state index contributed by atoms with van der Waals surface area (Å²) >= 11 is 12.8. The van der Waals surface area contributed by atoms with E-state index in [0.717, 1.165) is 36.2 Å². The Kier molecular flexibility index (Phi) is 10.1. The number of carbonyl (C=O) groups excluding carboxylic acids is 2. The molecule has 1 aliphatic carbocycles. The summed E-state index contributed by atoms with van der Waals surface area (Å²) in [7, 11) is -2.38. The molecule has 3 rings (SSSR count).